The van der Waals surface area contributed by atoms with Gasteiger partial charge < -0.3 is 10.2 Å². The Bertz CT molecular complexity index is 348. The normalized spacial score (nSPS) is 17.4. The summed E-state index contributed by atoms with van der Waals surface area (Å²) in [5.74, 6) is -0.279. The standard InChI is InChI=1S/C13H20FN3/c1-15-12(7-8-17(2)11-4-5-11)13-6-3-10(14)9-16-13/h3,6,9,11-12,15H,4-5,7-8H2,1-2H3. The predicted octanol–water partition coefficient (Wildman–Crippen LogP) is 1.97. The molecule has 0 spiro atoms. The van der Waals surface area contributed by atoms with Gasteiger partial charge in [0.15, 0.2) is 0 Å². The lowest BCUT2D eigenvalue weighted by Crippen LogP contribution is -2.27. The number of aromatic nitrogens is 1. The van der Waals surface area contributed by atoms with E-state index < -0.39 is 0 Å². The third kappa shape index (κ3) is 3.48. The number of nitrogens with zero attached hydrogens (tertiary/aromatic N) is 2. The second-order valence-corrected chi connectivity index (χ2v) is 4.74. The zero-order chi connectivity index (χ0) is 12.3. The van der Waals surface area contributed by atoms with Crippen LogP contribution in [0.15, 0.2) is 18.3 Å². The molecule has 4 heteroatoms. The summed E-state index contributed by atoms with van der Waals surface area (Å²) in [7, 11) is 4.09. The molecule has 1 heterocycles. The van der Waals surface area contributed by atoms with Crippen molar-refractivity contribution < 1.29 is 4.39 Å². The molecule has 1 aliphatic rings. The number of nitrogens with one attached hydrogen (secondary N) is 1. The zero-order valence-corrected chi connectivity index (χ0v) is 10.5. The fraction of sp³-hybridized carbons (Fsp3) is 0.615. The van der Waals surface area contributed by atoms with Crippen LogP contribution < -0.4 is 5.32 Å². The van der Waals surface area contributed by atoms with Crippen LogP contribution in [0.2, 0.25) is 0 Å². The van der Waals surface area contributed by atoms with Gasteiger partial charge in [0.2, 0.25) is 0 Å². The van der Waals surface area contributed by atoms with E-state index in [1.807, 2.05) is 7.05 Å². The highest BCUT2D eigenvalue weighted by Crippen LogP contribution is 2.26. The lowest BCUT2D eigenvalue weighted by molar-refractivity contribution is 0.300. The van der Waals surface area contributed by atoms with Gasteiger partial charge in [-0.3, -0.25) is 4.98 Å². The molecule has 0 aromatic carbocycles. The van der Waals surface area contributed by atoms with Crippen molar-refractivity contribution in [3.63, 3.8) is 0 Å². The van der Waals surface area contributed by atoms with Gasteiger partial charge in [0.1, 0.15) is 5.82 Å². The quantitative estimate of drug-likeness (QED) is 0.820. The third-order valence-electron chi connectivity index (χ3n) is 3.40. The Morgan fingerprint density at radius 3 is 2.82 bits per heavy atom. The number of halogens is 1. The van der Waals surface area contributed by atoms with Crippen molar-refractivity contribution in [2.45, 2.75) is 31.3 Å². The number of hydrogen-bond donors (Lipinski definition) is 1. The van der Waals surface area contributed by atoms with Gasteiger partial charge in [0, 0.05) is 6.04 Å². The van der Waals surface area contributed by atoms with Gasteiger partial charge in [-0.2, -0.15) is 0 Å². The molecule has 1 aliphatic carbocycles. The van der Waals surface area contributed by atoms with E-state index in [0.717, 1.165) is 24.7 Å². The summed E-state index contributed by atoms with van der Waals surface area (Å²) in [6.07, 6.45) is 4.94. The molecule has 3 nitrogen and oxygen atoms in total. The van der Waals surface area contributed by atoms with Crippen LogP contribution in [0.1, 0.15) is 31.0 Å². The highest BCUT2D eigenvalue weighted by molar-refractivity contribution is 5.09. The molecule has 1 atom stereocenters. The van der Waals surface area contributed by atoms with E-state index in [1.165, 1.54) is 25.1 Å². The summed E-state index contributed by atoms with van der Waals surface area (Å²) in [5, 5.41) is 3.24. The predicted molar refractivity (Wildman–Crippen MR) is 66.3 cm³/mol. The van der Waals surface area contributed by atoms with Crippen LogP contribution in [0, 0.1) is 5.82 Å². The van der Waals surface area contributed by atoms with Gasteiger partial charge >= 0.3 is 0 Å². The first-order valence-electron chi connectivity index (χ1n) is 6.19. The minimum absolute atomic E-state index is 0.205. The largest absolute Gasteiger partial charge is 0.312 e. The van der Waals surface area contributed by atoms with Gasteiger partial charge in [-0.1, -0.05) is 0 Å². The van der Waals surface area contributed by atoms with Crippen LogP contribution in [0.5, 0.6) is 0 Å². The number of pyridine rings is 1. The van der Waals surface area contributed by atoms with Crippen molar-refractivity contribution >= 4 is 0 Å². The zero-order valence-electron chi connectivity index (χ0n) is 10.5. The van der Waals surface area contributed by atoms with E-state index in [4.69, 9.17) is 0 Å². The Morgan fingerprint density at radius 2 is 2.29 bits per heavy atom. The van der Waals surface area contributed by atoms with E-state index in [-0.39, 0.29) is 11.9 Å². The Hall–Kier alpha value is -1.00. The topological polar surface area (TPSA) is 28.2 Å². The summed E-state index contributed by atoms with van der Waals surface area (Å²) in [4.78, 5) is 6.53. The first-order valence-corrected chi connectivity index (χ1v) is 6.19. The smallest absolute Gasteiger partial charge is 0.141 e. The van der Waals surface area contributed by atoms with Crippen LogP contribution in [-0.2, 0) is 0 Å². The van der Waals surface area contributed by atoms with Crippen LogP contribution in [-0.4, -0.2) is 36.6 Å². The van der Waals surface area contributed by atoms with E-state index in [0.29, 0.717) is 0 Å². The van der Waals surface area contributed by atoms with E-state index in [1.54, 1.807) is 6.07 Å². The van der Waals surface area contributed by atoms with Gasteiger partial charge in [0.05, 0.1) is 17.9 Å². The van der Waals surface area contributed by atoms with Crippen molar-refractivity contribution in [2.75, 3.05) is 20.6 Å². The lowest BCUT2D eigenvalue weighted by Gasteiger charge is -2.20. The average Bonchev–Trinajstić information content (AvgIpc) is 3.16. The highest BCUT2D eigenvalue weighted by atomic mass is 19.1. The fourth-order valence-electron chi connectivity index (χ4n) is 2.06. The minimum atomic E-state index is -0.279. The number of rotatable bonds is 6. The molecule has 17 heavy (non-hydrogen) atoms. The van der Waals surface area contributed by atoms with Gasteiger partial charge in [-0.05, 0) is 52.0 Å². The maximum Gasteiger partial charge on any atom is 0.141 e. The molecular weight excluding hydrogens is 217 g/mol. The molecule has 2 rings (SSSR count). The fourth-order valence-corrected chi connectivity index (χ4v) is 2.06. The second kappa shape index (κ2) is 5.56. The van der Waals surface area contributed by atoms with E-state index in [9.17, 15) is 4.39 Å². The molecule has 0 radical (unpaired) electrons. The molecule has 0 saturated heterocycles. The molecule has 1 unspecified atom stereocenters. The summed E-state index contributed by atoms with van der Waals surface area (Å²) in [5.41, 5.74) is 0.915. The molecule has 1 aromatic heterocycles. The molecular formula is C13H20FN3. The van der Waals surface area contributed by atoms with Crippen LogP contribution in [0.4, 0.5) is 4.39 Å². The Kier molecular flexibility index (Phi) is 4.07. The third-order valence-corrected chi connectivity index (χ3v) is 3.40. The summed E-state index contributed by atoms with van der Waals surface area (Å²) in [6, 6.07) is 4.22. The van der Waals surface area contributed by atoms with E-state index >= 15 is 0 Å². The summed E-state index contributed by atoms with van der Waals surface area (Å²) >= 11 is 0. The Morgan fingerprint density at radius 1 is 1.53 bits per heavy atom. The average molecular weight is 237 g/mol. The second-order valence-electron chi connectivity index (χ2n) is 4.74. The van der Waals surface area contributed by atoms with Crippen molar-refractivity contribution in [2.24, 2.45) is 0 Å². The summed E-state index contributed by atoms with van der Waals surface area (Å²) < 4.78 is 12.8. The Labute approximate surface area is 102 Å². The first-order chi connectivity index (χ1) is 8.20. The minimum Gasteiger partial charge on any atom is -0.312 e. The molecule has 1 fully saturated rings. The molecule has 0 amide bonds. The van der Waals surface area contributed by atoms with Crippen LogP contribution in [0.25, 0.3) is 0 Å². The highest BCUT2D eigenvalue weighted by Gasteiger charge is 2.26. The molecule has 0 bridgehead atoms. The molecule has 1 N–H and O–H groups in total. The maximum atomic E-state index is 12.8. The van der Waals surface area contributed by atoms with Crippen LogP contribution in [0.3, 0.4) is 0 Å². The van der Waals surface area contributed by atoms with Crippen molar-refractivity contribution in [3.05, 3.63) is 29.8 Å². The van der Waals surface area contributed by atoms with Crippen molar-refractivity contribution in [3.8, 4) is 0 Å². The lowest BCUT2D eigenvalue weighted by atomic mass is 10.1. The molecule has 94 valence electrons. The Balaban J connectivity index is 1.88. The number of hydrogen-bond acceptors (Lipinski definition) is 3. The van der Waals surface area contributed by atoms with Gasteiger partial charge in [-0.15, -0.1) is 0 Å². The SMILES string of the molecule is CNC(CCN(C)C1CC1)c1ccc(F)cn1. The van der Waals surface area contributed by atoms with Crippen molar-refractivity contribution in [1.82, 2.24) is 15.2 Å². The van der Waals surface area contributed by atoms with Gasteiger partial charge in [0.25, 0.3) is 0 Å². The summed E-state index contributed by atoms with van der Waals surface area (Å²) in [6.45, 7) is 1.05. The van der Waals surface area contributed by atoms with Crippen molar-refractivity contribution in [1.29, 1.82) is 0 Å². The molecule has 1 saturated carbocycles. The monoisotopic (exact) mass is 237 g/mol. The van der Waals surface area contributed by atoms with Crippen LogP contribution >= 0.6 is 0 Å². The molecule has 1 aromatic rings. The molecule has 0 aliphatic heterocycles. The van der Waals surface area contributed by atoms with Gasteiger partial charge in [-0.25, -0.2) is 4.39 Å². The maximum absolute atomic E-state index is 12.8. The first kappa shape index (κ1) is 12.5. The van der Waals surface area contributed by atoms with E-state index in [2.05, 4.69) is 22.2 Å².